The van der Waals surface area contributed by atoms with Gasteiger partial charge in [0.05, 0.1) is 11.4 Å². The summed E-state index contributed by atoms with van der Waals surface area (Å²) < 4.78 is 1.85. The van der Waals surface area contributed by atoms with E-state index in [1.807, 2.05) is 30.7 Å². The maximum absolute atomic E-state index is 12.5. The van der Waals surface area contributed by atoms with Gasteiger partial charge < -0.3 is 0 Å². The number of hydrogen-bond donors (Lipinski definition) is 0. The Morgan fingerprint density at radius 2 is 1.83 bits per heavy atom. The highest BCUT2D eigenvalue weighted by molar-refractivity contribution is 6.29. The summed E-state index contributed by atoms with van der Waals surface area (Å²) in [5, 5.41) is 4.48. The van der Waals surface area contributed by atoms with Crippen LogP contribution in [0.25, 0.3) is 0 Å². The van der Waals surface area contributed by atoms with Gasteiger partial charge in [-0.25, -0.2) is 4.68 Å². The summed E-state index contributed by atoms with van der Waals surface area (Å²) in [6, 6.07) is 8.21. The molecule has 0 aliphatic carbocycles. The first-order valence-corrected chi connectivity index (χ1v) is 8.53. The van der Waals surface area contributed by atoms with Crippen LogP contribution in [-0.4, -0.2) is 21.6 Å². The summed E-state index contributed by atoms with van der Waals surface area (Å²) in [4.78, 5) is 14.3. The third kappa shape index (κ3) is 3.75. The molecule has 0 atom stereocenters. The van der Waals surface area contributed by atoms with Gasteiger partial charge in [-0.3, -0.25) is 9.69 Å². The SMILES string of the molecule is CCc1cccc(CC)c1N(Cn1nc(C)cc1C)C(=O)CCl. The van der Waals surface area contributed by atoms with E-state index in [-0.39, 0.29) is 11.8 Å². The normalized spacial score (nSPS) is 10.8. The number of nitrogens with zero attached hydrogens (tertiary/aromatic N) is 3. The van der Waals surface area contributed by atoms with Crippen molar-refractivity contribution in [2.75, 3.05) is 10.8 Å². The number of carbonyl (C=O) groups is 1. The van der Waals surface area contributed by atoms with Crippen molar-refractivity contribution in [1.82, 2.24) is 9.78 Å². The molecule has 2 aromatic rings. The standard InChI is InChI=1S/C18H24ClN3O/c1-5-15-8-7-9-16(6-2)18(15)21(17(23)11-19)12-22-14(4)10-13(3)20-22/h7-10H,5-6,11-12H2,1-4H3. The lowest BCUT2D eigenvalue weighted by Gasteiger charge is -2.27. The smallest absolute Gasteiger partial charge is 0.243 e. The molecule has 2 rings (SSSR count). The fraction of sp³-hybridized carbons (Fsp3) is 0.444. The van der Waals surface area contributed by atoms with E-state index in [0.717, 1.165) is 41.0 Å². The zero-order valence-electron chi connectivity index (χ0n) is 14.3. The van der Waals surface area contributed by atoms with E-state index in [1.165, 1.54) is 0 Å². The Labute approximate surface area is 143 Å². The second-order valence-corrected chi connectivity index (χ2v) is 5.92. The van der Waals surface area contributed by atoms with Crippen LogP contribution in [0.2, 0.25) is 0 Å². The zero-order valence-corrected chi connectivity index (χ0v) is 15.0. The first-order chi connectivity index (χ1) is 11.0. The highest BCUT2D eigenvalue weighted by Crippen LogP contribution is 2.28. The Bertz CT molecular complexity index is 671. The minimum Gasteiger partial charge on any atom is -0.291 e. The number of benzene rings is 1. The lowest BCUT2D eigenvalue weighted by atomic mass is 10.0. The Morgan fingerprint density at radius 3 is 2.26 bits per heavy atom. The van der Waals surface area contributed by atoms with Crippen molar-refractivity contribution >= 4 is 23.2 Å². The molecule has 124 valence electrons. The van der Waals surface area contributed by atoms with Crippen LogP contribution in [0.5, 0.6) is 0 Å². The van der Waals surface area contributed by atoms with E-state index in [0.29, 0.717) is 6.67 Å². The van der Waals surface area contributed by atoms with Gasteiger partial charge in [-0.1, -0.05) is 32.0 Å². The largest absolute Gasteiger partial charge is 0.291 e. The van der Waals surface area contributed by atoms with Gasteiger partial charge in [0.15, 0.2) is 0 Å². The molecule has 0 saturated heterocycles. The molecule has 23 heavy (non-hydrogen) atoms. The highest BCUT2D eigenvalue weighted by atomic mass is 35.5. The average molecular weight is 334 g/mol. The number of aromatic nitrogens is 2. The maximum Gasteiger partial charge on any atom is 0.243 e. The predicted octanol–water partition coefficient (Wildman–Crippen LogP) is 3.85. The summed E-state index contributed by atoms with van der Waals surface area (Å²) in [5.74, 6) is -0.143. The van der Waals surface area contributed by atoms with Gasteiger partial charge in [0.1, 0.15) is 12.5 Å². The summed E-state index contributed by atoms with van der Waals surface area (Å²) in [7, 11) is 0. The van der Waals surface area contributed by atoms with E-state index in [1.54, 1.807) is 4.90 Å². The minimum absolute atomic E-state index is 0.0412. The van der Waals surface area contributed by atoms with Crippen LogP contribution in [0.15, 0.2) is 24.3 Å². The fourth-order valence-corrected chi connectivity index (χ4v) is 3.00. The third-order valence-corrected chi connectivity index (χ3v) is 4.26. The van der Waals surface area contributed by atoms with E-state index < -0.39 is 0 Å². The Hall–Kier alpha value is -1.81. The second-order valence-electron chi connectivity index (χ2n) is 5.66. The summed E-state index contributed by atoms with van der Waals surface area (Å²) in [5.41, 5.74) is 5.27. The average Bonchev–Trinajstić information content (AvgIpc) is 2.88. The number of halogens is 1. The molecule has 0 aliphatic rings. The first-order valence-electron chi connectivity index (χ1n) is 7.99. The Morgan fingerprint density at radius 1 is 1.22 bits per heavy atom. The van der Waals surface area contributed by atoms with Gasteiger partial charge in [-0.05, 0) is 43.9 Å². The molecule has 1 amide bonds. The molecule has 0 N–H and O–H groups in total. The van der Waals surface area contributed by atoms with Gasteiger partial charge in [-0.15, -0.1) is 11.6 Å². The van der Waals surface area contributed by atoms with Crippen molar-refractivity contribution in [3.63, 3.8) is 0 Å². The van der Waals surface area contributed by atoms with Crippen LogP contribution in [0, 0.1) is 13.8 Å². The number of para-hydroxylation sites is 1. The fourth-order valence-electron chi connectivity index (χ4n) is 2.86. The molecule has 0 bridgehead atoms. The molecule has 0 aliphatic heterocycles. The van der Waals surface area contributed by atoms with Gasteiger partial charge in [0.25, 0.3) is 0 Å². The molecule has 1 aromatic carbocycles. The number of anilines is 1. The number of aryl methyl sites for hydroxylation is 4. The molecule has 0 fully saturated rings. The van der Waals surface area contributed by atoms with E-state index in [9.17, 15) is 4.79 Å². The lowest BCUT2D eigenvalue weighted by molar-refractivity contribution is -0.116. The van der Waals surface area contributed by atoms with Crippen LogP contribution in [0.4, 0.5) is 5.69 Å². The van der Waals surface area contributed by atoms with Crippen LogP contribution in [0.3, 0.4) is 0 Å². The van der Waals surface area contributed by atoms with E-state index >= 15 is 0 Å². The maximum atomic E-state index is 12.5. The molecule has 0 spiro atoms. The summed E-state index contributed by atoms with van der Waals surface area (Å²) >= 11 is 5.88. The van der Waals surface area contributed by atoms with Crippen molar-refractivity contribution in [2.24, 2.45) is 0 Å². The van der Waals surface area contributed by atoms with Crippen LogP contribution in [-0.2, 0) is 24.3 Å². The number of alkyl halides is 1. The highest BCUT2D eigenvalue weighted by Gasteiger charge is 2.21. The van der Waals surface area contributed by atoms with Crippen molar-refractivity contribution in [3.8, 4) is 0 Å². The molecule has 0 radical (unpaired) electrons. The molecule has 1 heterocycles. The van der Waals surface area contributed by atoms with E-state index in [2.05, 4.69) is 31.1 Å². The summed E-state index contributed by atoms with van der Waals surface area (Å²) in [6.45, 7) is 8.54. The van der Waals surface area contributed by atoms with Gasteiger partial charge in [0, 0.05) is 5.69 Å². The predicted molar refractivity (Wildman–Crippen MR) is 95.1 cm³/mol. The molecular formula is C18H24ClN3O. The van der Waals surface area contributed by atoms with Crippen LogP contribution >= 0.6 is 11.6 Å². The zero-order chi connectivity index (χ0) is 17.0. The molecule has 4 nitrogen and oxygen atoms in total. The number of hydrogen-bond acceptors (Lipinski definition) is 2. The quantitative estimate of drug-likeness (QED) is 0.753. The topological polar surface area (TPSA) is 38.1 Å². The van der Waals surface area contributed by atoms with Crippen LogP contribution < -0.4 is 4.90 Å². The molecule has 0 unspecified atom stereocenters. The van der Waals surface area contributed by atoms with Crippen molar-refractivity contribution < 1.29 is 4.79 Å². The van der Waals surface area contributed by atoms with Crippen molar-refractivity contribution in [2.45, 2.75) is 47.2 Å². The van der Waals surface area contributed by atoms with Gasteiger partial charge >= 0.3 is 0 Å². The number of amides is 1. The molecular weight excluding hydrogens is 310 g/mol. The second kappa shape index (κ2) is 7.64. The van der Waals surface area contributed by atoms with Gasteiger partial charge in [-0.2, -0.15) is 5.10 Å². The molecule has 1 aromatic heterocycles. The third-order valence-electron chi connectivity index (χ3n) is 4.03. The molecule has 0 saturated carbocycles. The number of carbonyl (C=O) groups excluding carboxylic acids is 1. The number of rotatable bonds is 6. The van der Waals surface area contributed by atoms with Crippen molar-refractivity contribution in [3.05, 3.63) is 46.8 Å². The lowest BCUT2D eigenvalue weighted by Crippen LogP contribution is -2.36. The Balaban J connectivity index is 2.51. The minimum atomic E-state index is -0.102. The monoisotopic (exact) mass is 333 g/mol. The Kier molecular flexibility index (Phi) is 5.83. The van der Waals surface area contributed by atoms with E-state index in [4.69, 9.17) is 11.6 Å². The van der Waals surface area contributed by atoms with Crippen LogP contribution in [0.1, 0.15) is 36.4 Å². The summed E-state index contributed by atoms with van der Waals surface area (Å²) in [6.07, 6.45) is 1.73. The molecule has 5 heteroatoms. The van der Waals surface area contributed by atoms with Crippen molar-refractivity contribution in [1.29, 1.82) is 0 Å². The first kappa shape index (κ1) is 17.5. The van der Waals surface area contributed by atoms with Gasteiger partial charge in [0.2, 0.25) is 5.91 Å².